The Kier molecular flexibility index (Phi) is 9.03. The molecule has 0 radical (unpaired) electrons. The molecule has 0 bridgehead atoms. The fourth-order valence-electron chi connectivity index (χ4n) is 1.73. The average molecular weight is 340 g/mol. The fourth-order valence-corrected chi connectivity index (χ4v) is 3.69. The van der Waals surface area contributed by atoms with Gasteiger partial charge in [0, 0.05) is 0 Å². The lowest BCUT2D eigenvalue weighted by atomic mass is 10.2. The molecular formula is C13H24O6S2. The van der Waals surface area contributed by atoms with E-state index in [1.807, 2.05) is 13.8 Å². The summed E-state index contributed by atoms with van der Waals surface area (Å²) in [6.07, 6.45) is 6.78. The van der Waals surface area contributed by atoms with Crippen LogP contribution in [0, 0.1) is 0 Å². The van der Waals surface area contributed by atoms with Crippen molar-refractivity contribution in [2.45, 2.75) is 58.8 Å². The van der Waals surface area contributed by atoms with Gasteiger partial charge in [0.1, 0.15) is 9.81 Å². The monoisotopic (exact) mass is 340 g/mol. The normalized spacial score (nSPS) is 14.5. The maximum absolute atomic E-state index is 11.4. The van der Waals surface area contributed by atoms with Crippen molar-refractivity contribution >= 4 is 20.2 Å². The van der Waals surface area contributed by atoms with Crippen LogP contribution in [-0.2, 0) is 20.2 Å². The van der Waals surface area contributed by atoms with Crippen LogP contribution in [0.1, 0.15) is 58.8 Å². The molecule has 0 spiro atoms. The third kappa shape index (κ3) is 8.35. The molecule has 2 N–H and O–H groups in total. The van der Waals surface area contributed by atoms with Gasteiger partial charge < -0.3 is 0 Å². The van der Waals surface area contributed by atoms with Crippen LogP contribution < -0.4 is 0 Å². The third-order valence-electron chi connectivity index (χ3n) is 2.82. The lowest BCUT2D eigenvalue weighted by molar-refractivity contribution is 0.483. The number of hydrogen-bond donors (Lipinski definition) is 2. The third-order valence-corrected chi connectivity index (χ3v) is 4.84. The van der Waals surface area contributed by atoms with Gasteiger partial charge in [0.05, 0.1) is 0 Å². The molecule has 0 aliphatic heterocycles. The summed E-state index contributed by atoms with van der Waals surface area (Å²) in [7, 11) is -9.43. The quantitative estimate of drug-likeness (QED) is 0.359. The molecule has 0 unspecified atom stereocenters. The van der Waals surface area contributed by atoms with Crippen LogP contribution in [0.25, 0.3) is 0 Å². The molecule has 0 rings (SSSR count). The van der Waals surface area contributed by atoms with Crippen molar-refractivity contribution < 1.29 is 25.9 Å². The Bertz CT molecular complexity index is 570. The summed E-state index contributed by atoms with van der Waals surface area (Å²) in [5.41, 5.74) is 0. The number of unbranched alkanes of at least 4 members (excludes halogenated alkanes) is 5. The van der Waals surface area contributed by atoms with E-state index in [1.54, 1.807) is 0 Å². The first-order valence-corrected chi connectivity index (χ1v) is 9.88. The van der Waals surface area contributed by atoms with Crippen molar-refractivity contribution in [3.05, 3.63) is 22.0 Å². The van der Waals surface area contributed by atoms with Crippen molar-refractivity contribution in [3.8, 4) is 0 Å². The van der Waals surface area contributed by atoms with Crippen LogP contribution in [0.2, 0.25) is 0 Å². The maximum atomic E-state index is 11.4. The maximum Gasteiger partial charge on any atom is 0.295 e. The van der Waals surface area contributed by atoms with Gasteiger partial charge >= 0.3 is 0 Å². The molecule has 6 nitrogen and oxygen atoms in total. The second-order valence-electron chi connectivity index (χ2n) is 4.72. The minimum atomic E-state index is -4.72. The van der Waals surface area contributed by atoms with Crippen LogP contribution in [-0.4, -0.2) is 25.9 Å². The SMILES string of the molecule is CCCCC=C(C(=CCCCCC)S(=O)(=O)O)S(=O)(=O)O. The first kappa shape index (κ1) is 20.3. The van der Waals surface area contributed by atoms with E-state index in [0.717, 1.165) is 31.4 Å². The lowest BCUT2D eigenvalue weighted by Gasteiger charge is -2.07. The van der Waals surface area contributed by atoms with Crippen molar-refractivity contribution in [2.75, 3.05) is 0 Å². The van der Waals surface area contributed by atoms with Gasteiger partial charge in [-0.1, -0.05) is 51.7 Å². The van der Waals surface area contributed by atoms with E-state index >= 15 is 0 Å². The smallest absolute Gasteiger partial charge is 0.282 e. The highest BCUT2D eigenvalue weighted by molar-refractivity contribution is 7.95. The summed E-state index contributed by atoms with van der Waals surface area (Å²) in [4.78, 5) is -1.48. The number of rotatable bonds is 10. The zero-order chi connectivity index (χ0) is 16.5. The van der Waals surface area contributed by atoms with Gasteiger partial charge in [-0.3, -0.25) is 9.11 Å². The fraction of sp³-hybridized carbons (Fsp3) is 0.692. The molecular weight excluding hydrogens is 316 g/mol. The molecule has 21 heavy (non-hydrogen) atoms. The zero-order valence-electron chi connectivity index (χ0n) is 12.4. The molecule has 0 aromatic carbocycles. The highest BCUT2D eigenvalue weighted by Gasteiger charge is 2.27. The highest BCUT2D eigenvalue weighted by atomic mass is 32.2. The Morgan fingerprint density at radius 1 is 0.762 bits per heavy atom. The lowest BCUT2D eigenvalue weighted by Crippen LogP contribution is -2.12. The van der Waals surface area contributed by atoms with Crippen LogP contribution in [0.4, 0.5) is 0 Å². The molecule has 0 heterocycles. The standard InChI is InChI=1S/C13H24O6S2/c1-3-5-7-9-11-13(21(17,18)19)12(20(14,15)16)10-8-6-4-2/h10-11H,3-9H2,1-2H3,(H,14,15,16)(H,17,18,19). The minimum Gasteiger partial charge on any atom is -0.282 e. The van der Waals surface area contributed by atoms with Crippen molar-refractivity contribution in [1.82, 2.24) is 0 Å². The van der Waals surface area contributed by atoms with Crippen molar-refractivity contribution in [1.29, 1.82) is 0 Å². The predicted molar refractivity (Wildman–Crippen MR) is 82.9 cm³/mol. The number of allylic oxidation sites excluding steroid dienone is 2. The van der Waals surface area contributed by atoms with Gasteiger partial charge in [0.2, 0.25) is 0 Å². The Labute approximate surface area is 127 Å². The van der Waals surface area contributed by atoms with E-state index < -0.39 is 30.0 Å². The summed E-state index contributed by atoms with van der Waals surface area (Å²) < 4.78 is 63.9. The molecule has 8 heteroatoms. The summed E-state index contributed by atoms with van der Waals surface area (Å²) in [6, 6.07) is 0. The van der Waals surface area contributed by atoms with E-state index in [0.29, 0.717) is 25.7 Å². The Balaban J connectivity index is 5.56. The van der Waals surface area contributed by atoms with Gasteiger partial charge in [-0.05, 0) is 19.3 Å². The molecule has 0 saturated heterocycles. The molecule has 0 amide bonds. The predicted octanol–water partition coefficient (Wildman–Crippen LogP) is 3.30. The van der Waals surface area contributed by atoms with Gasteiger partial charge in [-0.2, -0.15) is 16.8 Å². The Morgan fingerprint density at radius 3 is 1.48 bits per heavy atom. The molecule has 0 saturated carbocycles. The first-order valence-electron chi connectivity index (χ1n) is 7.00. The van der Waals surface area contributed by atoms with Crippen LogP contribution >= 0.6 is 0 Å². The summed E-state index contributed by atoms with van der Waals surface area (Å²) in [6.45, 7) is 3.87. The molecule has 0 aliphatic carbocycles. The molecule has 0 aromatic heterocycles. The van der Waals surface area contributed by atoms with E-state index in [2.05, 4.69) is 0 Å². The van der Waals surface area contributed by atoms with Crippen LogP contribution in [0.5, 0.6) is 0 Å². The summed E-state index contributed by atoms with van der Waals surface area (Å²) >= 11 is 0. The summed E-state index contributed by atoms with van der Waals surface area (Å²) in [5.74, 6) is 0. The Hall–Kier alpha value is -0.700. The van der Waals surface area contributed by atoms with Crippen molar-refractivity contribution in [2.24, 2.45) is 0 Å². The van der Waals surface area contributed by atoms with E-state index in [9.17, 15) is 25.9 Å². The van der Waals surface area contributed by atoms with Crippen LogP contribution in [0.3, 0.4) is 0 Å². The Morgan fingerprint density at radius 2 is 1.14 bits per heavy atom. The molecule has 0 aromatic rings. The molecule has 0 aliphatic rings. The molecule has 124 valence electrons. The van der Waals surface area contributed by atoms with Gasteiger partial charge in [-0.15, -0.1) is 0 Å². The topological polar surface area (TPSA) is 109 Å². The number of hydrogen-bond acceptors (Lipinski definition) is 4. The van der Waals surface area contributed by atoms with Gasteiger partial charge in [-0.25, -0.2) is 0 Å². The van der Waals surface area contributed by atoms with Crippen LogP contribution in [0.15, 0.2) is 22.0 Å². The van der Waals surface area contributed by atoms with E-state index in [-0.39, 0.29) is 0 Å². The van der Waals surface area contributed by atoms with Gasteiger partial charge in [0.15, 0.2) is 0 Å². The van der Waals surface area contributed by atoms with Gasteiger partial charge in [0.25, 0.3) is 20.2 Å². The minimum absolute atomic E-state index is 0.299. The van der Waals surface area contributed by atoms with Crippen molar-refractivity contribution in [3.63, 3.8) is 0 Å². The second kappa shape index (κ2) is 9.34. The zero-order valence-corrected chi connectivity index (χ0v) is 14.1. The highest BCUT2D eigenvalue weighted by Crippen LogP contribution is 2.23. The molecule has 0 atom stereocenters. The second-order valence-corrected chi connectivity index (χ2v) is 7.50. The molecule has 0 fully saturated rings. The average Bonchev–Trinajstić information content (AvgIpc) is 2.33. The first-order chi connectivity index (χ1) is 9.64. The largest absolute Gasteiger partial charge is 0.295 e. The van der Waals surface area contributed by atoms with E-state index in [1.165, 1.54) is 0 Å². The van der Waals surface area contributed by atoms with E-state index in [4.69, 9.17) is 0 Å². The summed E-state index contributed by atoms with van der Waals surface area (Å²) in [5, 5.41) is 0.